The fourth-order valence-corrected chi connectivity index (χ4v) is 1.18. The first kappa shape index (κ1) is 11.1. The van der Waals surface area contributed by atoms with Crippen molar-refractivity contribution in [2.45, 2.75) is 38.5 Å². The van der Waals surface area contributed by atoms with Gasteiger partial charge < -0.3 is 10.3 Å². The molecule has 2 unspecified atom stereocenters. The molecule has 4 heteroatoms. The van der Waals surface area contributed by atoms with Crippen LogP contribution < -0.4 is 5.73 Å². The fourth-order valence-electron chi connectivity index (χ4n) is 0.824. The lowest BCUT2D eigenvalue weighted by Crippen LogP contribution is -2.25. The summed E-state index contributed by atoms with van der Waals surface area (Å²) >= 11 is -2.10. The smallest absolute Gasteiger partial charge is 0.0676 e. The van der Waals surface area contributed by atoms with E-state index >= 15 is 0 Å². The van der Waals surface area contributed by atoms with Gasteiger partial charge in [-0.25, -0.2) is 0 Å². The largest absolute Gasteiger partial charge is 0.771 e. The predicted octanol–water partition coefficient (Wildman–Crippen LogP) is 0.977. The van der Waals surface area contributed by atoms with E-state index in [4.69, 9.17) is 5.73 Å². The second-order valence-electron chi connectivity index (χ2n) is 3.12. The zero-order valence-electron chi connectivity index (χ0n) is 7.08. The molecular weight excluding hydrogens is 162 g/mol. The molecule has 0 aliphatic carbocycles. The summed E-state index contributed by atoms with van der Waals surface area (Å²) < 4.78 is 20.5. The minimum atomic E-state index is -2.10. The lowest BCUT2D eigenvalue weighted by atomic mass is 10.1. The van der Waals surface area contributed by atoms with Crippen LogP contribution in [0.2, 0.25) is 0 Å². The van der Waals surface area contributed by atoms with Gasteiger partial charge in [0, 0.05) is 0 Å². The van der Waals surface area contributed by atoms with Gasteiger partial charge in [0.15, 0.2) is 0 Å². The fraction of sp³-hybridized carbons (Fsp3) is 1.00. The maximum absolute atomic E-state index is 10.2. The third-order valence-electron chi connectivity index (χ3n) is 1.52. The summed E-state index contributed by atoms with van der Waals surface area (Å²) in [6, 6.07) is 0. The molecule has 0 heterocycles. The standard InChI is InChI=1S/C7H17NO2S/c1-6(2)4-3-5-7(8)11(9)10/h6-7H,3-5,8H2,1-2H3,(H,9,10)/p-1. The van der Waals surface area contributed by atoms with E-state index in [9.17, 15) is 8.76 Å². The molecule has 11 heavy (non-hydrogen) atoms. The quantitative estimate of drug-likeness (QED) is 0.638. The van der Waals surface area contributed by atoms with Crippen molar-refractivity contribution in [1.29, 1.82) is 0 Å². The van der Waals surface area contributed by atoms with E-state index in [-0.39, 0.29) is 0 Å². The molecule has 2 N–H and O–H groups in total. The third-order valence-corrected chi connectivity index (χ3v) is 2.25. The van der Waals surface area contributed by atoms with Crippen molar-refractivity contribution in [1.82, 2.24) is 0 Å². The molecule has 0 rings (SSSR count). The van der Waals surface area contributed by atoms with Gasteiger partial charge in [-0.05, 0) is 23.4 Å². The van der Waals surface area contributed by atoms with Gasteiger partial charge in [0.05, 0.1) is 5.37 Å². The van der Waals surface area contributed by atoms with Crippen molar-refractivity contribution in [3.05, 3.63) is 0 Å². The van der Waals surface area contributed by atoms with E-state index in [0.717, 1.165) is 12.8 Å². The Balaban J connectivity index is 3.31. The van der Waals surface area contributed by atoms with Crippen LogP contribution in [-0.4, -0.2) is 14.1 Å². The second-order valence-corrected chi connectivity index (χ2v) is 4.25. The maximum atomic E-state index is 10.2. The number of rotatable bonds is 5. The molecule has 3 nitrogen and oxygen atoms in total. The van der Waals surface area contributed by atoms with Gasteiger partial charge in [-0.1, -0.05) is 26.7 Å². The molecule has 68 valence electrons. The van der Waals surface area contributed by atoms with Crippen LogP contribution in [0, 0.1) is 5.92 Å². The molecule has 0 amide bonds. The summed E-state index contributed by atoms with van der Waals surface area (Å²) in [7, 11) is 0. The van der Waals surface area contributed by atoms with E-state index in [2.05, 4.69) is 13.8 Å². The Labute approximate surface area is 70.6 Å². The number of nitrogens with two attached hydrogens (primary N) is 1. The van der Waals surface area contributed by atoms with Gasteiger partial charge >= 0.3 is 0 Å². The lowest BCUT2D eigenvalue weighted by Gasteiger charge is -2.14. The minimum Gasteiger partial charge on any atom is -0.771 e. The molecule has 0 aliphatic rings. The molecule has 0 aliphatic heterocycles. The summed E-state index contributed by atoms with van der Waals surface area (Å²) in [5.41, 5.74) is 5.29. The van der Waals surface area contributed by atoms with Crippen LogP contribution in [0.3, 0.4) is 0 Å². The Morgan fingerprint density at radius 3 is 2.36 bits per heavy atom. The van der Waals surface area contributed by atoms with Crippen molar-refractivity contribution >= 4 is 11.1 Å². The van der Waals surface area contributed by atoms with Crippen molar-refractivity contribution in [3.8, 4) is 0 Å². The Hall–Kier alpha value is 0.0700. The highest BCUT2D eigenvalue weighted by Gasteiger charge is 2.02. The monoisotopic (exact) mass is 178 g/mol. The highest BCUT2D eigenvalue weighted by Crippen LogP contribution is 2.08. The van der Waals surface area contributed by atoms with Crippen molar-refractivity contribution < 1.29 is 8.76 Å². The van der Waals surface area contributed by atoms with Gasteiger partial charge in [-0.3, -0.25) is 4.21 Å². The number of hydrogen-bond acceptors (Lipinski definition) is 3. The van der Waals surface area contributed by atoms with Crippen molar-refractivity contribution in [2.24, 2.45) is 11.7 Å². The van der Waals surface area contributed by atoms with E-state index in [1.807, 2.05) is 0 Å². The van der Waals surface area contributed by atoms with Gasteiger partial charge in [0.25, 0.3) is 0 Å². The third kappa shape index (κ3) is 6.47. The van der Waals surface area contributed by atoms with E-state index < -0.39 is 16.5 Å². The average molecular weight is 178 g/mol. The van der Waals surface area contributed by atoms with Crippen LogP contribution in [0.4, 0.5) is 0 Å². The summed E-state index contributed by atoms with van der Waals surface area (Å²) in [4.78, 5) is 0. The summed E-state index contributed by atoms with van der Waals surface area (Å²) in [6.45, 7) is 4.22. The minimum absolute atomic E-state index is 0.578. The first-order valence-electron chi connectivity index (χ1n) is 3.87. The Morgan fingerprint density at radius 1 is 1.45 bits per heavy atom. The SMILES string of the molecule is CC(C)CCCC(N)S(=O)[O-]. The Bertz CT molecular complexity index is 128. The molecule has 0 aromatic carbocycles. The normalized spacial score (nSPS) is 16.8. The first-order valence-corrected chi connectivity index (χ1v) is 5.01. The first-order chi connectivity index (χ1) is 5.04. The van der Waals surface area contributed by atoms with Gasteiger partial charge in [-0.15, -0.1) is 0 Å². The molecule has 0 aromatic rings. The molecule has 0 radical (unpaired) electrons. The van der Waals surface area contributed by atoms with Crippen LogP contribution in [0.25, 0.3) is 0 Å². The average Bonchev–Trinajstić information content (AvgIpc) is 1.86. The number of hydrogen-bond donors (Lipinski definition) is 1. The second kappa shape index (κ2) is 5.69. The topological polar surface area (TPSA) is 66.2 Å². The predicted molar refractivity (Wildman–Crippen MR) is 45.6 cm³/mol. The van der Waals surface area contributed by atoms with E-state index in [0.29, 0.717) is 12.3 Å². The molecular formula is C7H16NO2S-. The highest BCUT2D eigenvalue weighted by atomic mass is 32.2. The maximum Gasteiger partial charge on any atom is 0.0676 e. The summed E-state index contributed by atoms with van der Waals surface area (Å²) in [6.07, 6.45) is 2.52. The van der Waals surface area contributed by atoms with Gasteiger partial charge in [-0.2, -0.15) is 0 Å². The summed E-state index contributed by atoms with van der Waals surface area (Å²) in [5.74, 6) is 0.627. The zero-order chi connectivity index (χ0) is 8.85. The zero-order valence-corrected chi connectivity index (χ0v) is 7.89. The lowest BCUT2D eigenvalue weighted by molar-refractivity contribution is 0.495. The molecule has 2 atom stereocenters. The van der Waals surface area contributed by atoms with E-state index in [1.165, 1.54) is 0 Å². The Morgan fingerprint density at radius 2 is 2.00 bits per heavy atom. The molecule has 0 bridgehead atoms. The van der Waals surface area contributed by atoms with Crippen molar-refractivity contribution in [2.75, 3.05) is 0 Å². The Kier molecular flexibility index (Phi) is 5.72. The molecule has 0 spiro atoms. The molecule has 0 aromatic heterocycles. The molecule has 0 saturated heterocycles. The summed E-state index contributed by atoms with van der Waals surface area (Å²) in [5, 5.41) is -0.672. The van der Waals surface area contributed by atoms with Crippen LogP contribution in [0.15, 0.2) is 0 Å². The molecule has 0 saturated carbocycles. The molecule has 0 fully saturated rings. The van der Waals surface area contributed by atoms with Gasteiger partial charge in [0.1, 0.15) is 0 Å². The van der Waals surface area contributed by atoms with Crippen LogP contribution in [0.1, 0.15) is 33.1 Å². The van der Waals surface area contributed by atoms with Crippen LogP contribution >= 0.6 is 0 Å². The highest BCUT2D eigenvalue weighted by molar-refractivity contribution is 7.79. The van der Waals surface area contributed by atoms with Crippen LogP contribution in [0.5, 0.6) is 0 Å². The van der Waals surface area contributed by atoms with E-state index in [1.54, 1.807) is 0 Å². The van der Waals surface area contributed by atoms with Gasteiger partial charge in [0.2, 0.25) is 0 Å². The van der Waals surface area contributed by atoms with Crippen molar-refractivity contribution in [3.63, 3.8) is 0 Å². The van der Waals surface area contributed by atoms with Crippen LogP contribution in [-0.2, 0) is 11.1 Å².